The first kappa shape index (κ1) is 15.0. The molecule has 1 aliphatic rings. The molecule has 1 heterocycles. The Labute approximate surface area is 133 Å². The number of nitrogens with zero attached hydrogens (tertiary/aromatic N) is 1. The van der Waals surface area contributed by atoms with Crippen molar-refractivity contribution in [2.24, 2.45) is 0 Å². The summed E-state index contributed by atoms with van der Waals surface area (Å²) < 4.78 is 5.55. The largest absolute Gasteiger partial charge is 0.494 e. The molecule has 23 heavy (non-hydrogen) atoms. The van der Waals surface area contributed by atoms with Gasteiger partial charge in [-0.25, -0.2) is 0 Å². The highest BCUT2D eigenvalue weighted by Crippen LogP contribution is 2.22. The molecule has 0 bridgehead atoms. The van der Waals surface area contributed by atoms with Crippen molar-refractivity contribution < 1.29 is 19.1 Å². The van der Waals surface area contributed by atoms with Crippen molar-refractivity contribution in [2.45, 2.75) is 6.42 Å². The summed E-state index contributed by atoms with van der Waals surface area (Å²) in [6.45, 7) is 0.701. The van der Waals surface area contributed by atoms with Gasteiger partial charge in [0.05, 0.1) is 17.7 Å². The third kappa shape index (κ3) is 2.99. The van der Waals surface area contributed by atoms with Crippen LogP contribution in [0.25, 0.3) is 0 Å². The zero-order valence-corrected chi connectivity index (χ0v) is 12.4. The quantitative estimate of drug-likeness (QED) is 0.467. The molecule has 5 nitrogen and oxygen atoms in total. The number of hydrogen-bond acceptors (Lipinski definition) is 4. The molecule has 0 saturated heterocycles. The molecule has 3 rings (SSSR count). The average Bonchev–Trinajstić information content (AvgIpc) is 2.84. The van der Waals surface area contributed by atoms with E-state index in [9.17, 15) is 14.4 Å². The normalized spacial score (nSPS) is 13.1. The summed E-state index contributed by atoms with van der Waals surface area (Å²) in [5.41, 5.74) is 1.51. The van der Waals surface area contributed by atoms with Crippen LogP contribution in [0.5, 0.6) is 5.75 Å². The van der Waals surface area contributed by atoms with E-state index >= 15 is 0 Å². The maximum atomic E-state index is 12.2. The van der Waals surface area contributed by atoms with Crippen LogP contribution in [0.3, 0.4) is 0 Å². The fourth-order valence-corrected chi connectivity index (χ4v) is 2.50. The Morgan fingerprint density at radius 2 is 1.52 bits per heavy atom. The molecule has 0 radical (unpaired) electrons. The van der Waals surface area contributed by atoms with Crippen LogP contribution in [0.1, 0.15) is 37.5 Å². The Bertz CT molecular complexity index is 717. The monoisotopic (exact) mass is 309 g/mol. The molecule has 0 atom stereocenters. The molecule has 1 aliphatic heterocycles. The van der Waals surface area contributed by atoms with Crippen molar-refractivity contribution in [2.75, 3.05) is 13.2 Å². The summed E-state index contributed by atoms with van der Waals surface area (Å²) in [4.78, 5) is 36.2. The minimum Gasteiger partial charge on any atom is -0.494 e. The smallest absolute Gasteiger partial charge is 0.261 e. The van der Waals surface area contributed by atoms with Crippen molar-refractivity contribution in [3.63, 3.8) is 0 Å². The van der Waals surface area contributed by atoms with E-state index in [4.69, 9.17) is 4.74 Å². The minimum atomic E-state index is -0.249. The molecule has 116 valence electrons. The number of carbonyl (C=O) groups is 3. The number of hydrogen-bond donors (Lipinski definition) is 0. The Hall–Kier alpha value is -2.95. The highest BCUT2D eigenvalue weighted by Gasteiger charge is 2.34. The first-order chi connectivity index (χ1) is 11.2. The lowest BCUT2D eigenvalue weighted by Crippen LogP contribution is -2.31. The lowest BCUT2D eigenvalue weighted by molar-refractivity contribution is 0.0646. The van der Waals surface area contributed by atoms with E-state index in [1.807, 2.05) is 0 Å². The highest BCUT2D eigenvalue weighted by molar-refractivity contribution is 6.21. The standard InChI is InChI=1S/C18H15NO4/c20-12-13-6-8-14(9-7-13)23-11-3-10-19-17(21)15-4-1-2-5-16(15)18(19)22/h1-2,4-9,12H,3,10-11H2. The maximum absolute atomic E-state index is 12.2. The van der Waals surface area contributed by atoms with Gasteiger partial charge in [0, 0.05) is 12.1 Å². The topological polar surface area (TPSA) is 63.7 Å². The van der Waals surface area contributed by atoms with Crippen LogP contribution in [0.4, 0.5) is 0 Å². The highest BCUT2D eigenvalue weighted by atomic mass is 16.5. The summed E-state index contributed by atoms with van der Waals surface area (Å²) in [5, 5.41) is 0. The minimum absolute atomic E-state index is 0.249. The predicted molar refractivity (Wildman–Crippen MR) is 83.8 cm³/mol. The van der Waals surface area contributed by atoms with Crippen molar-refractivity contribution in [3.8, 4) is 5.75 Å². The second-order valence-electron chi connectivity index (χ2n) is 5.20. The van der Waals surface area contributed by atoms with Crippen LogP contribution in [-0.4, -0.2) is 36.2 Å². The molecule has 0 spiro atoms. The van der Waals surface area contributed by atoms with Gasteiger partial charge in [-0.1, -0.05) is 12.1 Å². The summed E-state index contributed by atoms with van der Waals surface area (Å²) in [6, 6.07) is 13.6. The maximum Gasteiger partial charge on any atom is 0.261 e. The number of rotatable bonds is 6. The van der Waals surface area contributed by atoms with Crippen LogP contribution in [0.15, 0.2) is 48.5 Å². The molecule has 2 amide bonds. The van der Waals surface area contributed by atoms with Crippen LogP contribution in [0, 0.1) is 0 Å². The molecule has 0 aromatic heterocycles. The van der Waals surface area contributed by atoms with Crippen molar-refractivity contribution in [1.29, 1.82) is 0 Å². The molecular weight excluding hydrogens is 294 g/mol. The molecule has 2 aromatic rings. The second kappa shape index (κ2) is 6.44. The van der Waals surface area contributed by atoms with Gasteiger partial charge in [0.15, 0.2) is 0 Å². The number of aldehydes is 1. The zero-order chi connectivity index (χ0) is 16.2. The number of ether oxygens (including phenoxy) is 1. The number of imide groups is 1. The number of carbonyl (C=O) groups excluding carboxylic acids is 3. The molecule has 0 N–H and O–H groups in total. The number of fused-ring (bicyclic) bond motifs is 1. The molecule has 2 aromatic carbocycles. The fourth-order valence-electron chi connectivity index (χ4n) is 2.50. The third-order valence-electron chi connectivity index (χ3n) is 3.69. The van der Waals surface area contributed by atoms with Crippen molar-refractivity contribution in [1.82, 2.24) is 4.90 Å². The van der Waals surface area contributed by atoms with Gasteiger partial charge >= 0.3 is 0 Å². The third-order valence-corrected chi connectivity index (χ3v) is 3.69. The Morgan fingerprint density at radius 3 is 2.09 bits per heavy atom. The van der Waals surface area contributed by atoms with Crippen LogP contribution < -0.4 is 4.74 Å². The molecule has 5 heteroatoms. The first-order valence-electron chi connectivity index (χ1n) is 7.34. The lowest BCUT2D eigenvalue weighted by atomic mass is 10.1. The molecule has 0 unspecified atom stereocenters. The fraction of sp³-hybridized carbons (Fsp3) is 0.167. The van der Waals surface area contributed by atoms with Crippen LogP contribution in [0.2, 0.25) is 0 Å². The van der Waals surface area contributed by atoms with Crippen LogP contribution >= 0.6 is 0 Å². The van der Waals surface area contributed by atoms with Crippen molar-refractivity contribution in [3.05, 3.63) is 65.2 Å². The second-order valence-corrected chi connectivity index (χ2v) is 5.20. The summed E-state index contributed by atoms with van der Waals surface area (Å²) in [6.07, 6.45) is 1.31. The van der Waals surface area contributed by atoms with Gasteiger partial charge < -0.3 is 4.74 Å². The summed E-state index contributed by atoms with van der Waals surface area (Å²) in [5.74, 6) is 0.153. The molecule has 0 saturated carbocycles. The van der Waals surface area contributed by atoms with Gasteiger partial charge in [0.1, 0.15) is 12.0 Å². The van der Waals surface area contributed by atoms with Gasteiger partial charge in [0.25, 0.3) is 11.8 Å². The van der Waals surface area contributed by atoms with E-state index in [-0.39, 0.29) is 11.8 Å². The first-order valence-corrected chi connectivity index (χ1v) is 7.34. The lowest BCUT2D eigenvalue weighted by Gasteiger charge is -2.14. The Kier molecular flexibility index (Phi) is 4.19. The van der Waals surface area contributed by atoms with E-state index in [0.717, 1.165) is 6.29 Å². The predicted octanol–water partition coefficient (Wildman–Crippen LogP) is 2.56. The Balaban J connectivity index is 1.52. The van der Waals surface area contributed by atoms with E-state index in [1.165, 1.54) is 4.90 Å². The van der Waals surface area contributed by atoms with Gasteiger partial charge in [0.2, 0.25) is 0 Å². The van der Waals surface area contributed by atoms with E-state index < -0.39 is 0 Å². The summed E-state index contributed by atoms with van der Waals surface area (Å²) in [7, 11) is 0. The van der Waals surface area contributed by atoms with E-state index in [0.29, 0.717) is 42.0 Å². The number of amides is 2. The van der Waals surface area contributed by atoms with Gasteiger partial charge in [-0.05, 0) is 42.8 Å². The Morgan fingerprint density at radius 1 is 0.913 bits per heavy atom. The molecule has 0 fully saturated rings. The SMILES string of the molecule is O=Cc1ccc(OCCCN2C(=O)c3ccccc3C2=O)cc1. The molecule has 0 aliphatic carbocycles. The molecular formula is C18H15NO4. The van der Waals surface area contributed by atoms with E-state index in [2.05, 4.69) is 0 Å². The number of benzene rings is 2. The zero-order valence-electron chi connectivity index (χ0n) is 12.4. The van der Waals surface area contributed by atoms with E-state index in [1.54, 1.807) is 48.5 Å². The van der Waals surface area contributed by atoms with Crippen LogP contribution in [-0.2, 0) is 0 Å². The van der Waals surface area contributed by atoms with Gasteiger partial charge in [-0.15, -0.1) is 0 Å². The van der Waals surface area contributed by atoms with Crippen molar-refractivity contribution >= 4 is 18.1 Å². The average molecular weight is 309 g/mol. The summed E-state index contributed by atoms with van der Waals surface area (Å²) >= 11 is 0. The van der Waals surface area contributed by atoms with Gasteiger partial charge in [-0.3, -0.25) is 19.3 Å². The van der Waals surface area contributed by atoms with Gasteiger partial charge in [-0.2, -0.15) is 0 Å².